The Labute approximate surface area is 207 Å². The number of fused-ring (bicyclic) bond motifs is 1. The van der Waals surface area contributed by atoms with Gasteiger partial charge in [-0.05, 0) is 53.3 Å². The van der Waals surface area contributed by atoms with E-state index in [0.29, 0.717) is 22.7 Å². The number of nitrogens with zero attached hydrogens (tertiary/aromatic N) is 3. The molecule has 3 rings (SSSR count). The van der Waals surface area contributed by atoms with Crippen molar-refractivity contribution in [1.82, 2.24) is 15.0 Å². The van der Waals surface area contributed by atoms with Crippen molar-refractivity contribution in [3.63, 3.8) is 0 Å². The highest BCUT2D eigenvalue weighted by molar-refractivity contribution is 6.31. The van der Waals surface area contributed by atoms with Crippen LogP contribution in [0.5, 0.6) is 5.75 Å². The summed E-state index contributed by atoms with van der Waals surface area (Å²) in [5.74, 6) is -0.0608. The number of aromatic hydroxyl groups is 1. The number of benzene rings is 2. The van der Waals surface area contributed by atoms with Crippen LogP contribution in [0, 0.1) is 0 Å². The maximum Gasteiger partial charge on any atom is 0.308 e. The number of esters is 1. The van der Waals surface area contributed by atoms with Crippen molar-refractivity contribution < 1.29 is 14.6 Å². The number of carbonyl (C=O) groups excluding carboxylic acids is 1. The van der Waals surface area contributed by atoms with Crippen LogP contribution in [0.15, 0.2) is 36.4 Å². The van der Waals surface area contributed by atoms with Gasteiger partial charge in [-0.3, -0.25) is 4.79 Å². The molecular formula is C27H36ClN3O3. The van der Waals surface area contributed by atoms with Crippen LogP contribution in [0.4, 0.5) is 0 Å². The summed E-state index contributed by atoms with van der Waals surface area (Å²) in [7, 11) is 0. The third-order valence-electron chi connectivity index (χ3n) is 5.97. The Morgan fingerprint density at radius 2 is 1.74 bits per heavy atom. The number of ether oxygens (including phenoxy) is 1. The van der Waals surface area contributed by atoms with Gasteiger partial charge in [0.2, 0.25) is 0 Å². The SMILES string of the molecule is CCCCCCCCOC(=O)CC(c1ccc(O)c(C(C)(C)C)c1)n1nc2ccc(Cl)cc2n1. The zero-order valence-corrected chi connectivity index (χ0v) is 21.4. The molecule has 0 bridgehead atoms. The molecule has 0 aliphatic rings. The van der Waals surface area contributed by atoms with E-state index in [1.165, 1.54) is 25.7 Å². The zero-order chi connectivity index (χ0) is 24.7. The van der Waals surface area contributed by atoms with Gasteiger partial charge in [0.05, 0.1) is 13.0 Å². The second kappa shape index (κ2) is 11.7. The number of aromatic nitrogens is 3. The molecule has 1 aromatic heterocycles. The van der Waals surface area contributed by atoms with Crippen LogP contribution in [0.1, 0.15) is 89.8 Å². The Morgan fingerprint density at radius 3 is 2.47 bits per heavy atom. The minimum atomic E-state index is -0.468. The minimum Gasteiger partial charge on any atom is -0.508 e. The Balaban J connectivity index is 1.81. The van der Waals surface area contributed by atoms with Crippen molar-refractivity contribution in [1.29, 1.82) is 0 Å². The second-order valence-electron chi connectivity index (χ2n) is 9.89. The van der Waals surface area contributed by atoms with Gasteiger partial charge in [0.25, 0.3) is 0 Å². The molecule has 7 heteroatoms. The maximum absolute atomic E-state index is 12.8. The summed E-state index contributed by atoms with van der Waals surface area (Å²) in [6.45, 7) is 8.74. The highest BCUT2D eigenvalue weighted by Gasteiger charge is 2.25. The van der Waals surface area contributed by atoms with E-state index in [-0.39, 0.29) is 23.6 Å². The van der Waals surface area contributed by atoms with Crippen molar-refractivity contribution >= 4 is 28.6 Å². The summed E-state index contributed by atoms with van der Waals surface area (Å²) in [5, 5.41) is 20.2. The average Bonchev–Trinajstić information content (AvgIpc) is 3.19. The summed E-state index contributed by atoms with van der Waals surface area (Å²) < 4.78 is 5.56. The van der Waals surface area contributed by atoms with E-state index in [9.17, 15) is 9.90 Å². The quantitative estimate of drug-likeness (QED) is 0.234. The smallest absolute Gasteiger partial charge is 0.308 e. The molecule has 1 heterocycles. The molecule has 0 fully saturated rings. The summed E-state index contributed by atoms with van der Waals surface area (Å²) in [5.41, 5.74) is 2.73. The van der Waals surface area contributed by atoms with E-state index in [2.05, 4.69) is 17.1 Å². The van der Waals surface area contributed by atoms with E-state index in [0.717, 1.165) is 24.0 Å². The van der Waals surface area contributed by atoms with Crippen LogP contribution in [-0.4, -0.2) is 32.7 Å². The average molecular weight is 486 g/mol. The van der Waals surface area contributed by atoms with E-state index in [1.807, 2.05) is 39.0 Å². The highest BCUT2D eigenvalue weighted by Crippen LogP contribution is 2.34. The van der Waals surface area contributed by atoms with E-state index in [4.69, 9.17) is 16.3 Å². The summed E-state index contributed by atoms with van der Waals surface area (Å²) in [6, 6.07) is 10.3. The number of carbonyl (C=O) groups is 1. The largest absolute Gasteiger partial charge is 0.508 e. The molecule has 1 atom stereocenters. The first kappa shape index (κ1) is 26.0. The Bertz CT molecular complexity index is 1100. The second-order valence-corrected chi connectivity index (χ2v) is 10.3. The number of hydrogen-bond acceptors (Lipinski definition) is 5. The molecule has 1 N–H and O–H groups in total. The molecule has 0 spiro atoms. The van der Waals surface area contributed by atoms with Gasteiger partial charge in [-0.15, -0.1) is 0 Å². The van der Waals surface area contributed by atoms with Crippen LogP contribution >= 0.6 is 11.6 Å². The van der Waals surface area contributed by atoms with E-state index in [1.54, 1.807) is 23.0 Å². The van der Waals surface area contributed by atoms with Gasteiger partial charge in [0, 0.05) is 5.02 Å². The predicted molar refractivity (Wildman–Crippen MR) is 136 cm³/mol. The first-order chi connectivity index (χ1) is 16.2. The first-order valence-electron chi connectivity index (χ1n) is 12.2. The predicted octanol–water partition coefficient (Wildman–Crippen LogP) is 6.97. The fourth-order valence-corrected chi connectivity index (χ4v) is 4.19. The summed E-state index contributed by atoms with van der Waals surface area (Å²) in [4.78, 5) is 14.4. The number of unbranched alkanes of at least 4 members (excludes halogenated alkanes) is 5. The van der Waals surface area contributed by atoms with Crippen molar-refractivity contribution in [2.45, 2.75) is 84.1 Å². The number of phenolic OH excluding ortho intramolecular Hbond substituents is 1. The highest BCUT2D eigenvalue weighted by atomic mass is 35.5. The van der Waals surface area contributed by atoms with Gasteiger partial charge >= 0.3 is 5.97 Å². The molecule has 3 aromatic rings. The fourth-order valence-electron chi connectivity index (χ4n) is 4.02. The van der Waals surface area contributed by atoms with Crippen molar-refractivity contribution in [3.8, 4) is 5.75 Å². The lowest BCUT2D eigenvalue weighted by Gasteiger charge is -2.23. The van der Waals surface area contributed by atoms with Gasteiger partial charge in [-0.2, -0.15) is 15.0 Å². The van der Waals surface area contributed by atoms with Gasteiger partial charge in [-0.1, -0.05) is 77.5 Å². The molecule has 0 saturated carbocycles. The van der Waals surface area contributed by atoms with Gasteiger partial charge in [0.1, 0.15) is 22.8 Å². The van der Waals surface area contributed by atoms with Crippen molar-refractivity contribution in [3.05, 3.63) is 52.5 Å². The van der Waals surface area contributed by atoms with Gasteiger partial charge in [0.15, 0.2) is 0 Å². The van der Waals surface area contributed by atoms with E-state index >= 15 is 0 Å². The zero-order valence-electron chi connectivity index (χ0n) is 20.7. The normalized spacial score (nSPS) is 12.7. The van der Waals surface area contributed by atoms with E-state index < -0.39 is 6.04 Å². The third-order valence-corrected chi connectivity index (χ3v) is 6.21. The standard InChI is InChI=1S/C27H36ClN3O3/c1-5-6-7-8-9-10-15-34-26(33)18-24(19-11-14-25(32)21(16-19)27(2,3)4)31-29-22-13-12-20(28)17-23(22)30-31/h11-14,16-17,24,32H,5-10,15,18H2,1-4H3. The van der Waals surface area contributed by atoms with Gasteiger partial charge < -0.3 is 9.84 Å². The summed E-state index contributed by atoms with van der Waals surface area (Å²) >= 11 is 6.13. The molecule has 0 aliphatic heterocycles. The number of rotatable bonds is 11. The molecule has 184 valence electrons. The minimum absolute atomic E-state index is 0.0961. The van der Waals surface area contributed by atoms with Gasteiger partial charge in [-0.25, -0.2) is 0 Å². The molecule has 0 radical (unpaired) electrons. The Kier molecular flexibility index (Phi) is 8.95. The molecule has 34 heavy (non-hydrogen) atoms. The molecule has 0 aliphatic carbocycles. The maximum atomic E-state index is 12.8. The number of hydrogen-bond donors (Lipinski definition) is 1. The lowest BCUT2D eigenvalue weighted by molar-refractivity contribution is -0.144. The monoisotopic (exact) mass is 485 g/mol. The van der Waals surface area contributed by atoms with Crippen LogP contribution in [0.2, 0.25) is 5.02 Å². The Morgan fingerprint density at radius 1 is 1.03 bits per heavy atom. The first-order valence-corrected chi connectivity index (χ1v) is 12.6. The lowest BCUT2D eigenvalue weighted by Crippen LogP contribution is -2.21. The molecule has 1 unspecified atom stereocenters. The molecular weight excluding hydrogens is 450 g/mol. The number of phenols is 1. The van der Waals surface area contributed by atoms with Crippen LogP contribution in [0.25, 0.3) is 11.0 Å². The summed E-state index contributed by atoms with van der Waals surface area (Å²) in [6.07, 6.45) is 6.90. The Hall–Kier alpha value is -2.60. The molecule has 2 aromatic carbocycles. The van der Waals surface area contributed by atoms with Crippen LogP contribution in [0.3, 0.4) is 0 Å². The van der Waals surface area contributed by atoms with Crippen LogP contribution in [-0.2, 0) is 14.9 Å². The topological polar surface area (TPSA) is 77.2 Å². The lowest BCUT2D eigenvalue weighted by atomic mass is 9.84. The molecule has 0 amide bonds. The molecule has 6 nitrogen and oxygen atoms in total. The molecule has 0 saturated heterocycles. The number of halogens is 1. The fraction of sp³-hybridized carbons (Fsp3) is 0.519. The van der Waals surface area contributed by atoms with Crippen LogP contribution < -0.4 is 0 Å². The third kappa shape index (κ3) is 6.95. The van der Waals surface area contributed by atoms with Crippen molar-refractivity contribution in [2.75, 3.05) is 6.61 Å². The van der Waals surface area contributed by atoms with Crippen molar-refractivity contribution in [2.24, 2.45) is 0 Å².